The van der Waals surface area contributed by atoms with Crippen LogP contribution in [0.4, 0.5) is 0 Å². The third-order valence-corrected chi connectivity index (χ3v) is 2.88. The number of nitrogens with one attached hydrogen (secondary N) is 1. The Morgan fingerprint density at radius 1 is 1.16 bits per heavy atom. The van der Waals surface area contributed by atoms with Crippen molar-refractivity contribution in [3.8, 4) is 11.6 Å². The van der Waals surface area contributed by atoms with Crippen molar-refractivity contribution in [2.24, 2.45) is 0 Å². The maximum absolute atomic E-state index is 5.63. The second-order valence-corrected chi connectivity index (χ2v) is 4.45. The second kappa shape index (κ2) is 6.29. The van der Waals surface area contributed by atoms with E-state index in [1.165, 1.54) is 0 Å². The van der Waals surface area contributed by atoms with Crippen LogP contribution in [0.1, 0.15) is 31.1 Å². The van der Waals surface area contributed by atoms with Gasteiger partial charge in [0.1, 0.15) is 5.75 Å². The summed E-state index contributed by atoms with van der Waals surface area (Å²) in [6.45, 7) is 7.09. The summed E-state index contributed by atoms with van der Waals surface area (Å²) in [4.78, 5) is 8.49. The lowest BCUT2D eigenvalue weighted by Gasteiger charge is -2.12. The molecule has 2 aromatic heterocycles. The summed E-state index contributed by atoms with van der Waals surface area (Å²) >= 11 is 0. The maximum Gasteiger partial charge on any atom is 0.219 e. The fourth-order valence-corrected chi connectivity index (χ4v) is 1.77. The number of rotatable bonds is 5. The molecule has 1 atom stereocenters. The number of nitrogens with zero attached hydrogens (tertiary/aromatic N) is 2. The summed E-state index contributed by atoms with van der Waals surface area (Å²) in [7, 11) is 0. The van der Waals surface area contributed by atoms with Gasteiger partial charge in [-0.1, -0.05) is 13.0 Å². The predicted octanol–water partition coefficient (Wildman–Crippen LogP) is 3.25. The SMILES string of the molecule is CCNC(C)c1ccc(Oc2ccc(C)nc2)nc1. The molecule has 0 aliphatic rings. The van der Waals surface area contributed by atoms with Crippen LogP contribution < -0.4 is 10.1 Å². The maximum atomic E-state index is 5.63. The Labute approximate surface area is 113 Å². The predicted molar refractivity (Wildman–Crippen MR) is 75.4 cm³/mol. The summed E-state index contributed by atoms with van der Waals surface area (Å²) in [6.07, 6.45) is 3.54. The van der Waals surface area contributed by atoms with Crippen molar-refractivity contribution in [3.63, 3.8) is 0 Å². The van der Waals surface area contributed by atoms with Crippen molar-refractivity contribution < 1.29 is 4.74 Å². The molecule has 0 aliphatic heterocycles. The Morgan fingerprint density at radius 3 is 2.58 bits per heavy atom. The van der Waals surface area contributed by atoms with Crippen LogP contribution in [-0.4, -0.2) is 16.5 Å². The largest absolute Gasteiger partial charge is 0.437 e. The first-order chi connectivity index (χ1) is 9.19. The van der Waals surface area contributed by atoms with Gasteiger partial charge in [0.05, 0.1) is 6.20 Å². The van der Waals surface area contributed by atoms with Crippen molar-refractivity contribution in [2.45, 2.75) is 26.8 Å². The minimum absolute atomic E-state index is 0.299. The molecule has 4 heteroatoms. The van der Waals surface area contributed by atoms with E-state index in [1.54, 1.807) is 6.20 Å². The molecular weight excluding hydrogens is 238 g/mol. The van der Waals surface area contributed by atoms with Crippen LogP contribution in [0, 0.1) is 6.92 Å². The van der Waals surface area contributed by atoms with E-state index in [0.717, 1.165) is 17.8 Å². The van der Waals surface area contributed by atoms with Gasteiger partial charge in [0.2, 0.25) is 5.88 Å². The minimum atomic E-state index is 0.299. The lowest BCUT2D eigenvalue weighted by molar-refractivity contribution is 0.459. The molecule has 0 radical (unpaired) electrons. The highest BCUT2D eigenvalue weighted by molar-refractivity contribution is 5.27. The smallest absolute Gasteiger partial charge is 0.219 e. The molecule has 0 saturated carbocycles. The number of aromatic nitrogens is 2. The van der Waals surface area contributed by atoms with E-state index in [0.29, 0.717) is 17.7 Å². The molecule has 0 aromatic carbocycles. The number of aryl methyl sites for hydroxylation is 1. The van der Waals surface area contributed by atoms with Crippen LogP contribution in [0.2, 0.25) is 0 Å². The van der Waals surface area contributed by atoms with Crippen LogP contribution in [0.3, 0.4) is 0 Å². The third-order valence-electron chi connectivity index (χ3n) is 2.88. The van der Waals surface area contributed by atoms with Crippen molar-refractivity contribution >= 4 is 0 Å². The van der Waals surface area contributed by atoms with Crippen LogP contribution >= 0.6 is 0 Å². The molecule has 1 unspecified atom stereocenters. The van der Waals surface area contributed by atoms with Crippen LogP contribution in [0.25, 0.3) is 0 Å². The molecule has 2 heterocycles. The summed E-state index contributed by atoms with van der Waals surface area (Å²) in [5, 5.41) is 3.35. The fraction of sp³-hybridized carbons (Fsp3) is 0.333. The van der Waals surface area contributed by atoms with Crippen molar-refractivity contribution in [2.75, 3.05) is 6.54 Å². The van der Waals surface area contributed by atoms with Gasteiger partial charge in [0.25, 0.3) is 0 Å². The zero-order valence-corrected chi connectivity index (χ0v) is 11.6. The Bertz CT molecular complexity index is 508. The molecule has 0 bridgehead atoms. The van der Waals surface area contributed by atoms with Gasteiger partial charge in [0.15, 0.2) is 0 Å². The molecule has 0 spiro atoms. The second-order valence-electron chi connectivity index (χ2n) is 4.45. The molecule has 2 rings (SSSR count). The third kappa shape index (κ3) is 3.76. The molecular formula is C15H19N3O. The Balaban J connectivity index is 2.04. The van der Waals surface area contributed by atoms with E-state index < -0.39 is 0 Å². The molecule has 100 valence electrons. The first kappa shape index (κ1) is 13.5. The van der Waals surface area contributed by atoms with Crippen molar-refractivity contribution in [1.29, 1.82) is 0 Å². The first-order valence-corrected chi connectivity index (χ1v) is 6.49. The van der Waals surface area contributed by atoms with E-state index in [-0.39, 0.29) is 0 Å². The van der Waals surface area contributed by atoms with Gasteiger partial charge in [-0.05, 0) is 38.1 Å². The van der Waals surface area contributed by atoms with Gasteiger partial charge >= 0.3 is 0 Å². The Kier molecular flexibility index (Phi) is 4.47. The normalized spacial score (nSPS) is 12.2. The summed E-state index contributed by atoms with van der Waals surface area (Å²) in [6, 6.07) is 8.00. The quantitative estimate of drug-likeness (QED) is 0.893. The number of hydrogen-bond acceptors (Lipinski definition) is 4. The van der Waals surface area contributed by atoms with E-state index in [9.17, 15) is 0 Å². The van der Waals surface area contributed by atoms with Gasteiger partial charge in [-0.25, -0.2) is 4.98 Å². The van der Waals surface area contributed by atoms with Gasteiger partial charge in [-0.2, -0.15) is 0 Å². The Morgan fingerprint density at radius 2 is 2.00 bits per heavy atom. The van der Waals surface area contributed by atoms with Gasteiger partial charge in [-0.3, -0.25) is 4.98 Å². The number of hydrogen-bond donors (Lipinski definition) is 1. The molecule has 2 aromatic rings. The van der Waals surface area contributed by atoms with Crippen LogP contribution in [0.5, 0.6) is 11.6 Å². The lowest BCUT2D eigenvalue weighted by Crippen LogP contribution is -2.17. The summed E-state index contributed by atoms with van der Waals surface area (Å²) < 4.78 is 5.63. The molecule has 0 amide bonds. The highest BCUT2D eigenvalue weighted by atomic mass is 16.5. The van der Waals surface area contributed by atoms with Gasteiger partial charge in [-0.15, -0.1) is 0 Å². The van der Waals surface area contributed by atoms with Gasteiger partial charge < -0.3 is 10.1 Å². The van der Waals surface area contributed by atoms with Gasteiger partial charge in [0, 0.05) is 24.0 Å². The van der Waals surface area contributed by atoms with Crippen molar-refractivity contribution in [3.05, 3.63) is 47.9 Å². The molecule has 0 aliphatic carbocycles. The molecule has 0 saturated heterocycles. The molecule has 1 N–H and O–H groups in total. The van der Waals surface area contributed by atoms with Crippen LogP contribution in [-0.2, 0) is 0 Å². The fourth-order valence-electron chi connectivity index (χ4n) is 1.77. The van der Waals surface area contributed by atoms with E-state index in [4.69, 9.17) is 4.74 Å². The highest BCUT2D eigenvalue weighted by Gasteiger charge is 2.05. The lowest BCUT2D eigenvalue weighted by atomic mass is 10.1. The topological polar surface area (TPSA) is 47.0 Å². The average Bonchev–Trinajstić information content (AvgIpc) is 2.42. The molecule has 0 fully saturated rings. The van der Waals surface area contributed by atoms with E-state index >= 15 is 0 Å². The molecule has 4 nitrogen and oxygen atoms in total. The zero-order chi connectivity index (χ0) is 13.7. The minimum Gasteiger partial charge on any atom is -0.437 e. The Hall–Kier alpha value is -1.94. The first-order valence-electron chi connectivity index (χ1n) is 6.49. The highest BCUT2D eigenvalue weighted by Crippen LogP contribution is 2.20. The number of pyridine rings is 2. The van der Waals surface area contributed by atoms with Crippen LogP contribution in [0.15, 0.2) is 36.7 Å². The monoisotopic (exact) mass is 257 g/mol. The summed E-state index contributed by atoms with van der Waals surface area (Å²) in [5.74, 6) is 1.28. The average molecular weight is 257 g/mol. The van der Waals surface area contributed by atoms with Crippen molar-refractivity contribution in [1.82, 2.24) is 15.3 Å². The molecule has 19 heavy (non-hydrogen) atoms. The standard InChI is InChI=1S/C15H19N3O/c1-4-16-12(3)13-6-8-15(18-9-13)19-14-7-5-11(2)17-10-14/h5-10,12,16H,4H2,1-3H3. The summed E-state index contributed by atoms with van der Waals surface area (Å²) in [5.41, 5.74) is 2.12. The van der Waals surface area contributed by atoms with E-state index in [1.807, 2.05) is 37.4 Å². The number of ether oxygens (including phenoxy) is 1. The van der Waals surface area contributed by atoms with E-state index in [2.05, 4.69) is 29.1 Å². The zero-order valence-electron chi connectivity index (χ0n) is 11.6.